The molecule has 0 fully saturated rings. The van der Waals surface area contributed by atoms with Crippen molar-refractivity contribution in [1.29, 1.82) is 0 Å². The zero-order chi connectivity index (χ0) is 21.0. The highest BCUT2D eigenvalue weighted by Crippen LogP contribution is 2.16. The number of hydrogen-bond donors (Lipinski definition) is 1. The summed E-state index contributed by atoms with van der Waals surface area (Å²) >= 11 is 0. The van der Waals surface area contributed by atoms with E-state index in [0.717, 1.165) is 17.0 Å². The van der Waals surface area contributed by atoms with Crippen molar-refractivity contribution in [3.63, 3.8) is 0 Å². The van der Waals surface area contributed by atoms with Crippen LogP contribution in [0.25, 0.3) is 5.78 Å². The summed E-state index contributed by atoms with van der Waals surface area (Å²) < 4.78 is 1.69. The molecule has 0 aliphatic carbocycles. The monoisotopic (exact) mass is 394 g/mol. The van der Waals surface area contributed by atoms with Gasteiger partial charge in [0.2, 0.25) is 5.91 Å². The highest BCUT2D eigenvalue weighted by Gasteiger charge is 2.14. The zero-order valence-corrected chi connectivity index (χ0v) is 17.3. The first-order valence-electron chi connectivity index (χ1n) is 9.79. The number of amides is 2. The molecule has 1 aromatic carbocycles. The number of rotatable bonds is 7. The van der Waals surface area contributed by atoms with Crippen LogP contribution in [-0.2, 0) is 11.2 Å². The topological polar surface area (TPSA) is 92.5 Å². The number of aromatic nitrogens is 4. The molecule has 0 radical (unpaired) electrons. The van der Waals surface area contributed by atoms with Crippen LogP contribution in [0.5, 0.6) is 0 Å². The van der Waals surface area contributed by atoms with Gasteiger partial charge >= 0.3 is 0 Å². The summed E-state index contributed by atoms with van der Waals surface area (Å²) in [4.78, 5) is 35.1. The van der Waals surface area contributed by atoms with Crippen LogP contribution in [0.2, 0.25) is 0 Å². The number of carbonyl (C=O) groups is 2. The van der Waals surface area contributed by atoms with Crippen LogP contribution in [0.1, 0.15) is 47.6 Å². The number of carbonyl (C=O) groups excluding carboxylic acids is 2. The Balaban J connectivity index is 1.62. The van der Waals surface area contributed by atoms with Crippen molar-refractivity contribution in [3.8, 4) is 0 Å². The standard InChI is InChI=1S/C21H26N6O2/c1-5-26(6-2)20(29)16-7-9-17(10-8-16)25-19(28)12-11-18-14(3)24-21-22-13-23-27(21)15(18)4/h7-10,13H,5-6,11-12H2,1-4H3,(H,25,28). The van der Waals surface area contributed by atoms with Crippen LogP contribution in [0.3, 0.4) is 0 Å². The number of nitrogens with one attached hydrogen (secondary N) is 1. The molecule has 0 bridgehead atoms. The molecule has 0 unspecified atom stereocenters. The highest BCUT2D eigenvalue weighted by molar-refractivity contribution is 5.95. The normalized spacial score (nSPS) is 10.9. The fourth-order valence-corrected chi connectivity index (χ4v) is 3.37. The van der Waals surface area contributed by atoms with E-state index in [1.165, 1.54) is 6.33 Å². The largest absolute Gasteiger partial charge is 0.339 e. The van der Waals surface area contributed by atoms with Crippen molar-refractivity contribution in [2.75, 3.05) is 18.4 Å². The number of fused-ring (bicyclic) bond motifs is 1. The van der Waals surface area contributed by atoms with Gasteiger partial charge < -0.3 is 10.2 Å². The molecule has 2 amide bonds. The lowest BCUT2D eigenvalue weighted by atomic mass is 10.1. The summed E-state index contributed by atoms with van der Waals surface area (Å²) in [6.45, 7) is 9.12. The number of nitrogens with zero attached hydrogens (tertiary/aromatic N) is 5. The van der Waals surface area contributed by atoms with Crippen LogP contribution in [-0.4, -0.2) is 49.4 Å². The van der Waals surface area contributed by atoms with E-state index in [4.69, 9.17) is 0 Å². The lowest BCUT2D eigenvalue weighted by Crippen LogP contribution is -2.30. The van der Waals surface area contributed by atoms with Crippen molar-refractivity contribution in [3.05, 3.63) is 53.1 Å². The third-order valence-corrected chi connectivity index (χ3v) is 5.06. The molecule has 8 nitrogen and oxygen atoms in total. The molecule has 152 valence electrons. The molecule has 0 saturated heterocycles. The Bertz CT molecular complexity index is 1020. The maximum Gasteiger partial charge on any atom is 0.253 e. The molecule has 0 saturated carbocycles. The summed E-state index contributed by atoms with van der Waals surface area (Å²) in [5, 5.41) is 7.06. The fraction of sp³-hybridized carbons (Fsp3) is 0.381. The molecule has 0 atom stereocenters. The molecule has 29 heavy (non-hydrogen) atoms. The maximum atomic E-state index is 12.4. The van der Waals surface area contributed by atoms with Gasteiger partial charge in [-0.25, -0.2) is 9.50 Å². The van der Waals surface area contributed by atoms with E-state index in [1.807, 2.05) is 27.7 Å². The SMILES string of the molecule is CCN(CC)C(=O)c1ccc(NC(=O)CCc2c(C)nc3ncnn3c2C)cc1. The molecule has 0 aliphatic rings. The molecule has 3 aromatic rings. The Labute approximate surface area is 170 Å². The van der Waals surface area contributed by atoms with E-state index in [2.05, 4.69) is 20.4 Å². The van der Waals surface area contributed by atoms with Gasteiger partial charge in [-0.05, 0) is 63.9 Å². The number of hydrogen-bond acceptors (Lipinski definition) is 5. The van der Waals surface area contributed by atoms with Gasteiger partial charge in [0.15, 0.2) is 0 Å². The van der Waals surface area contributed by atoms with Gasteiger partial charge in [0, 0.05) is 42.1 Å². The van der Waals surface area contributed by atoms with E-state index >= 15 is 0 Å². The van der Waals surface area contributed by atoms with Crippen molar-refractivity contribution in [2.45, 2.75) is 40.5 Å². The predicted octanol–water partition coefficient (Wildman–Crippen LogP) is 2.79. The van der Waals surface area contributed by atoms with E-state index in [-0.39, 0.29) is 11.8 Å². The molecule has 2 heterocycles. The Kier molecular flexibility index (Phi) is 6.21. The van der Waals surface area contributed by atoms with E-state index < -0.39 is 0 Å². The smallest absolute Gasteiger partial charge is 0.253 e. The number of benzene rings is 1. The molecular weight excluding hydrogens is 368 g/mol. The van der Waals surface area contributed by atoms with E-state index in [0.29, 0.717) is 43.0 Å². The first-order valence-corrected chi connectivity index (χ1v) is 9.79. The predicted molar refractivity (Wildman–Crippen MR) is 111 cm³/mol. The summed E-state index contributed by atoms with van der Waals surface area (Å²) in [5.41, 5.74) is 4.08. The summed E-state index contributed by atoms with van der Waals surface area (Å²) in [5.74, 6) is 0.465. The summed E-state index contributed by atoms with van der Waals surface area (Å²) in [7, 11) is 0. The van der Waals surface area contributed by atoms with Crippen molar-refractivity contribution < 1.29 is 9.59 Å². The van der Waals surface area contributed by atoms with Gasteiger partial charge in [0.05, 0.1) is 0 Å². The lowest BCUT2D eigenvalue weighted by molar-refractivity contribution is -0.116. The Morgan fingerprint density at radius 3 is 2.45 bits per heavy atom. The van der Waals surface area contributed by atoms with Crippen LogP contribution in [0.15, 0.2) is 30.6 Å². The quantitative estimate of drug-likeness (QED) is 0.665. The van der Waals surface area contributed by atoms with Crippen molar-refractivity contribution in [1.82, 2.24) is 24.5 Å². The maximum absolute atomic E-state index is 12.4. The third-order valence-electron chi connectivity index (χ3n) is 5.06. The Hall–Kier alpha value is -3.29. The molecule has 1 N–H and O–H groups in total. The van der Waals surface area contributed by atoms with Gasteiger partial charge in [-0.3, -0.25) is 9.59 Å². The molecule has 0 aliphatic heterocycles. The minimum Gasteiger partial charge on any atom is -0.339 e. The van der Waals surface area contributed by atoms with Crippen molar-refractivity contribution in [2.24, 2.45) is 0 Å². The van der Waals surface area contributed by atoms with Gasteiger partial charge in [-0.15, -0.1) is 0 Å². The van der Waals surface area contributed by atoms with Gasteiger partial charge in [0.1, 0.15) is 6.33 Å². The molecule has 2 aromatic heterocycles. The Morgan fingerprint density at radius 2 is 1.79 bits per heavy atom. The van der Waals surface area contributed by atoms with Gasteiger partial charge in [-0.2, -0.15) is 10.1 Å². The second kappa shape index (κ2) is 8.81. The third kappa shape index (κ3) is 4.42. The number of anilines is 1. The van der Waals surface area contributed by atoms with Crippen LogP contribution < -0.4 is 5.32 Å². The van der Waals surface area contributed by atoms with Crippen LogP contribution >= 0.6 is 0 Å². The highest BCUT2D eigenvalue weighted by atomic mass is 16.2. The summed E-state index contributed by atoms with van der Waals surface area (Å²) in [6, 6.07) is 7.00. The first kappa shape index (κ1) is 20.4. The zero-order valence-electron chi connectivity index (χ0n) is 17.3. The molecule has 0 spiro atoms. The summed E-state index contributed by atoms with van der Waals surface area (Å²) in [6.07, 6.45) is 2.36. The van der Waals surface area contributed by atoms with Gasteiger partial charge in [0.25, 0.3) is 11.7 Å². The number of aryl methyl sites for hydroxylation is 2. The van der Waals surface area contributed by atoms with E-state index in [9.17, 15) is 9.59 Å². The van der Waals surface area contributed by atoms with Crippen molar-refractivity contribution >= 4 is 23.3 Å². The second-order valence-corrected chi connectivity index (χ2v) is 6.84. The van der Waals surface area contributed by atoms with E-state index in [1.54, 1.807) is 33.7 Å². The molecular formula is C21H26N6O2. The average molecular weight is 394 g/mol. The van der Waals surface area contributed by atoms with Crippen LogP contribution in [0, 0.1) is 13.8 Å². The Morgan fingerprint density at radius 1 is 1.10 bits per heavy atom. The van der Waals surface area contributed by atoms with Gasteiger partial charge in [-0.1, -0.05) is 0 Å². The second-order valence-electron chi connectivity index (χ2n) is 6.84. The lowest BCUT2D eigenvalue weighted by Gasteiger charge is -2.18. The first-order chi connectivity index (χ1) is 13.9. The molecule has 3 rings (SSSR count). The average Bonchev–Trinajstić information content (AvgIpc) is 3.17. The van der Waals surface area contributed by atoms with Crippen LogP contribution in [0.4, 0.5) is 5.69 Å². The fourth-order valence-electron chi connectivity index (χ4n) is 3.37. The minimum absolute atomic E-state index is 0.00479. The molecule has 8 heteroatoms. The minimum atomic E-state index is -0.0923.